The lowest BCUT2D eigenvalue weighted by atomic mass is 9.97. The Morgan fingerprint density at radius 3 is 1.35 bits per heavy atom. The number of rotatable bonds is 0. The molecule has 0 spiro atoms. The maximum absolute atomic E-state index is 5.62. The van der Waals surface area contributed by atoms with Crippen LogP contribution in [0.15, 0.2) is 28.7 Å². The molecule has 0 amide bonds. The number of hydrogen-bond acceptors (Lipinski definition) is 2. The van der Waals surface area contributed by atoms with E-state index in [2.05, 4.69) is 81.1 Å². The Bertz CT molecular complexity index is 518. The predicted octanol–water partition coefficient (Wildman–Crippen LogP) is 8.89. The van der Waals surface area contributed by atoms with E-state index in [1.165, 1.54) is 0 Å². The molecule has 2 rings (SSSR count). The van der Waals surface area contributed by atoms with E-state index >= 15 is 0 Å². The molecule has 0 bridgehead atoms. The van der Waals surface area contributed by atoms with Gasteiger partial charge in [-0.3, -0.25) is 0 Å². The molecular weight excluding hydrogens is 318 g/mol. The quantitative estimate of drug-likeness (QED) is 0.465. The second kappa shape index (κ2) is 12.1. The van der Waals surface area contributed by atoms with Crippen LogP contribution in [-0.2, 0) is 5.41 Å². The third kappa shape index (κ3) is 19.0. The fourth-order valence-electron chi connectivity index (χ4n) is 1.19. The molecule has 0 fully saturated rings. The summed E-state index contributed by atoms with van der Waals surface area (Å²) in [6.07, 6.45) is 0. The van der Waals surface area contributed by atoms with Crippen LogP contribution in [0.1, 0.15) is 103 Å². The molecule has 0 aliphatic heterocycles. The predicted molar refractivity (Wildman–Crippen MR) is 121 cm³/mol. The van der Waals surface area contributed by atoms with Crippen molar-refractivity contribution in [1.29, 1.82) is 0 Å². The van der Waals surface area contributed by atoms with Crippen molar-refractivity contribution in [2.45, 2.75) is 103 Å². The highest BCUT2D eigenvalue weighted by molar-refractivity contribution is 5.72. The molecule has 0 saturated heterocycles. The normalized spacial score (nSPS) is 11.0. The first-order valence-corrected chi connectivity index (χ1v) is 9.43. The molecule has 0 unspecified atom stereocenters. The molecule has 0 saturated carbocycles. The summed E-state index contributed by atoms with van der Waals surface area (Å²) >= 11 is 0. The fourth-order valence-corrected chi connectivity index (χ4v) is 1.19. The smallest absolute Gasteiger partial charge is 0.200 e. The van der Waals surface area contributed by atoms with Crippen LogP contribution in [0.3, 0.4) is 0 Å². The summed E-state index contributed by atoms with van der Waals surface area (Å²) in [5, 5.41) is 0. The van der Waals surface area contributed by atoms with Gasteiger partial charge in [-0.1, -0.05) is 110 Å². The van der Waals surface area contributed by atoms with Crippen LogP contribution < -0.4 is 0 Å². The first-order chi connectivity index (χ1) is 11.1. The second-order valence-corrected chi connectivity index (χ2v) is 10.2. The maximum Gasteiger partial charge on any atom is 0.200 e. The van der Waals surface area contributed by atoms with Gasteiger partial charge in [0.05, 0.1) is 0 Å². The van der Waals surface area contributed by atoms with Gasteiger partial charge in [-0.15, -0.1) is 0 Å². The van der Waals surface area contributed by atoms with Gasteiger partial charge in [0.25, 0.3) is 0 Å². The Balaban J connectivity index is -0.000000345. The third-order valence-corrected chi connectivity index (χ3v) is 1.94. The molecule has 0 N–H and O–H groups in total. The first-order valence-electron chi connectivity index (χ1n) is 9.43. The van der Waals surface area contributed by atoms with Crippen molar-refractivity contribution in [3.8, 4) is 0 Å². The highest BCUT2D eigenvalue weighted by Crippen LogP contribution is 2.25. The Morgan fingerprint density at radius 2 is 1.04 bits per heavy atom. The van der Waals surface area contributed by atoms with E-state index in [4.69, 9.17) is 4.42 Å². The molecule has 26 heavy (non-hydrogen) atoms. The van der Waals surface area contributed by atoms with Crippen molar-refractivity contribution in [1.82, 2.24) is 4.98 Å². The van der Waals surface area contributed by atoms with Crippen molar-refractivity contribution in [3.63, 3.8) is 0 Å². The van der Waals surface area contributed by atoms with Crippen molar-refractivity contribution in [3.05, 3.63) is 30.2 Å². The van der Waals surface area contributed by atoms with Gasteiger partial charge in [0.2, 0.25) is 5.89 Å². The highest BCUT2D eigenvalue weighted by atomic mass is 16.3. The van der Waals surface area contributed by atoms with E-state index in [1.807, 2.05) is 38.1 Å². The highest BCUT2D eigenvalue weighted by Gasteiger charge is 2.20. The average Bonchev–Trinajstić information content (AvgIpc) is 2.81. The van der Waals surface area contributed by atoms with Crippen LogP contribution in [0.2, 0.25) is 0 Å². The SMILES string of the molecule is C.CC.CC(C)(C)C.CC(C)(C)C.CC(C)(C)c1nc2ccccc2o1. The van der Waals surface area contributed by atoms with Gasteiger partial charge < -0.3 is 4.42 Å². The number of nitrogens with zero attached hydrogens (tertiary/aromatic N) is 1. The minimum Gasteiger partial charge on any atom is -0.440 e. The van der Waals surface area contributed by atoms with E-state index in [0.717, 1.165) is 17.0 Å². The molecule has 2 aromatic rings. The lowest BCUT2D eigenvalue weighted by Gasteiger charge is -2.11. The topological polar surface area (TPSA) is 26.0 Å². The summed E-state index contributed by atoms with van der Waals surface area (Å²) in [6.45, 7) is 27.8. The van der Waals surface area contributed by atoms with Gasteiger partial charge in [-0.25, -0.2) is 4.98 Å². The monoisotopic (exact) mass is 365 g/mol. The van der Waals surface area contributed by atoms with Crippen molar-refractivity contribution in [2.75, 3.05) is 0 Å². The number of fused-ring (bicyclic) bond motifs is 1. The Hall–Kier alpha value is -1.31. The molecule has 2 heteroatoms. The van der Waals surface area contributed by atoms with Crippen LogP contribution in [0.4, 0.5) is 0 Å². The van der Waals surface area contributed by atoms with Crippen LogP contribution >= 0.6 is 0 Å². The lowest BCUT2D eigenvalue weighted by molar-refractivity contribution is 0.411. The molecule has 154 valence electrons. The molecular formula is C24H47NO. The van der Waals surface area contributed by atoms with Crippen LogP contribution in [0, 0.1) is 10.8 Å². The standard InChI is InChI=1S/C11H13NO.2C5H12.C2H6.CH4/c1-11(2,3)10-12-8-6-4-5-7-9(8)13-10;2*1-5(2,3)4;1-2;/h4-7H,1-3H3;2*1-4H3;1-2H3;1H4. The number of aromatic nitrogens is 1. The summed E-state index contributed by atoms with van der Waals surface area (Å²) in [5.74, 6) is 0.800. The van der Waals surface area contributed by atoms with Crippen molar-refractivity contribution in [2.24, 2.45) is 10.8 Å². The summed E-state index contributed by atoms with van der Waals surface area (Å²) in [5.41, 5.74) is 2.79. The molecule has 0 aliphatic carbocycles. The summed E-state index contributed by atoms with van der Waals surface area (Å²) in [6, 6.07) is 7.84. The van der Waals surface area contributed by atoms with Crippen LogP contribution in [-0.4, -0.2) is 4.98 Å². The fraction of sp³-hybridized carbons (Fsp3) is 0.708. The first kappa shape index (κ1) is 29.5. The molecule has 1 aromatic heterocycles. The number of benzene rings is 1. The summed E-state index contributed by atoms with van der Waals surface area (Å²) in [4.78, 5) is 4.42. The molecule has 0 atom stereocenters. The zero-order chi connectivity index (χ0) is 20.5. The Labute approximate surface area is 164 Å². The van der Waals surface area contributed by atoms with Crippen LogP contribution in [0.25, 0.3) is 11.1 Å². The van der Waals surface area contributed by atoms with E-state index in [0.29, 0.717) is 10.8 Å². The van der Waals surface area contributed by atoms with E-state index in [9.17, 15) is 0 Å². The lowest BCUT2D eigenvalue weighted by Crippen LogP contribution is -2.10. The Kier molecular flexibility index (Phi) is 13.8. The molecule has 1 aromatic carbocycles. The maximum atomic E-state index is 5.62. The number of hydrogen-bond donors (Lipinski definition) is 0. The van der Waals surface area contributed by atoms with Crippen molar-refractivity contribution >= 4 is 11.1 Å². The van der Waals surface area contributed by atoms with Gasteiger partial charge in [-0.05, 0) is 23.0 Å². The van der Waals surface area contributed by atoms with Crippen LogP contribution in [0.5, 0.6) is 0 Å². The zero-order valence-electron chi connectivity index (χ0n) is 19.2. The minimum atomic E-state index is -0.0149. The number of oxazole rings is 1. The van der Waals surface area contributed by atoms with Gasteiger partial charge in [0.15, 0.2) is 5.58 Å². The summed E-state index contributed by atoms with van der Waals surface area (Å²) in [7, 11) is 0. The zero-order valence-corrected chi connectivity index (χ0v) is 19.2. The van der Waals surface area contributed by atoms with Gasteiger partial charge >= 0.3 is 0 Å². The third-order valence-electron chi connectivity index (χ3n) is 1.94. The number of para-hydroxylation sites is 2. The minimum absolute atomic E-state index is 0. The average molecular weight is 366 g/mol. The van der Waals surface area contributed by atoms with Crippen molar-refractivity contribution < 1.29 is 4.42 Å². The van der Waals surface area contributed by atoms with E-state index in [-0.39, 0.29) is 12.8 Å². The van der Waals surface area contributed by atoms with Gasteiger partial charge in [0.1, 0.15) is 5.52 Å². The Morgan fingerprint density at radius 1 is 0.692 bits per heavy atom. The molecule has 1 heterocycles. The summed E-state index contributed by atoms with van der Waals surface area (Å²) < 4.78 is 5.62. The molecule has 0 aliphatic rings. The van der Waals surface area contributed by atoms with E-state index < -0.39 is 0 Å². The van der Waals surface area contributed by atoms with E-state index in [1.54, 1.807) is 0 Å². The second-order valence-electron chi connectivity index (χ2n) is 10.2. The van der Waals surface area contributed by atoms with Gasteiger partial charge in [0, 0.05) is 5.41 Å². The molecule has 0 radical (unpaired) electrons. The van der Waals surface area contributed by atoms with Gasteiger partial charge in [-0.2, -0.15) is 0 Å². The largest absolute Gasteiger partial charge is 0.440 e. The molecule has 2 nitrogen and oxygen atoms in total.